The number of ether oxygens (including phenoxy) is 1. The minimum atomic E-state index is -3.21. The minimum Gasteiger partial charge on any atom is -0.378 e. The average molecular weight is 564 g/mol. The fourth-order valence-electron chi connectivity index (χ4n) is 5.30. The maximum Gasteiger partial charge on any atom is 0.285 e. The van der Waals surface area contributed by atoms with Gasteiger partial charge in [0, 0.05) is 52.4 Å². The SMILES string of the molecule is CS(=O)(=O)N1CCN(CCn2cnc3c(C4(C(F)F)Nc5ccccc5N4)nc(N4CCOCC4)nc32)CC1. The number of morpholine rings is 1. The molecule has 5 heterocycles. The molecule has 3 aromatic rings. The summed E-state index contributed by atoms with van der Waals surface area (Å²) in [4.78, 5) is 18.1. The van der Waals surface area contributed by atoms with Crippen LogP contribution in [0.1, 0.15) is 5.69 Å². The Bertz CT molecular complexity index is 1430. The molecule has 0 amide bonds. The van der Waals surface area contributed by atoms with Gasteiger partial charge < -0.3 is 24.8 Å². The third kappa shape index (κ3) is 4.88. The van der Waals surface area contributed by atoms with Crippen LogP contribution in [0, 0.1) is 0 Å². The largest absolute Gasteiger partial charge is 0.378 e. The number of nitrogens with zero attached hydrogens (tertiary/aromatic N) is 7. The number of rotatable bonds is 7. The summed E-state index contributed by atoms with van der Waals surface area (Å²) in [6, 6.07) is 7.06. The Morgan fingerprint density at radius 2 is 1.67 bits per heavy atom. The van der Waals surface area contributed by atoms with Crippen LogP contribution in [0.3, 0.4) is 0 Å². The molecule has 12 nitrogen and oxygen atoms in total. The van der Waals surface area contributed by atoms with Crippen molar-refractivity contribution in [1.82, 2.24) is 28.7 Å². The molecule has 2 saturated heterocycles. The van der Waals surface area contributed by atoms with E-state index in [1.165, 1.54) is 10.6 Å². The highest BCUT2D eigenvalue weighted by Crippen LogP contribution is 2.44. The summed E-state index contributed by atoms with van der Waals surface area (Å²) < 4.78 is 62.4. The standard InChI is InChI=1S/C24H31F2N9O3S/c1-39(36,37)35-10-7-32(8-11-35)6-9-34-16-27-19-20(28-23(29-21(19)34)33-12-14-38-15-13-33)24(22(25)26)30-17-4-2-3-5-18(17)31-24/h2-5,16,22,30-31H,6-15H2,1H3. The molecule has 0 aliphatic carbocycles. The lowest BCUT2D eigenvalue weighted by Crippen LogP contribution is -2.48. The molecule has 3 aliphatic rings. The van der Waals surface area contributed by atoms with Crippen LogP contribution in [0.25, 0.3) is 11.2 Å². The number of para-hydroxylation sites is 2. The van der Waals surface area contributed by atoms with Crippen LogP contribution in [-0.2, 0) is 27.0 Å². The van der Waals surface area contributed by atoms with Crippen molar-refractivity contribution in [3.05, 3.63) is 36.3 Å². The smallest absolute Gasteiger partial charge is 0.285 e. The summed E-state index contributed by atoms with van der Waals surface area (Å²) in [5.41, 5.74) is -0.0126. The number of hydrogen-bond acceptors (Lipinski definition) is 10. The Morgan fingerprint density at radius 1 is 1.00 bits per heavy atom. The molecule has 2 fully saturated rings. The highest BCUT2D eigenvalue weighted by atomic mass is 32.2. The van der Waals surface area contributed by atoms with Crippen LogP contribution < -0.4 is 15.5 Å². The van der Waals surface area contributed by atoms with E-state index in [-0.39, 0.29) is 5.69 Å². The Kier molecular flexibility index (Phi) is 6.77. The molecule has 0 radical (unpaired) electrons. The van der Waals surface area contributed by atoms with Crippen LogP contribution in [0.4, 0.5) is 26.1 Å². The fourth-order valence-corrected chi connectivity index (χ4v) is 6.12. The number of aromatic nitrogens is 4. The predicted molar refractivity (Wildman–Crippen MR) is 143 cm³/mol. The number of anilines is 3. The Hall–Kier alpha value is -3.14. The zero-order chi connectivity index (χ0) is 27.2. The molecular formula is C24H31F2N9O3S. The highest BCUT2D eigenvalue weighted by Gasteiger charge is 2.50. The van der Waals surface area contributed by atoms with Gasteiger partial charge in [0.2, 0.25) is 21.6 Å². The number of piperazine rings is 1. The highest BCUT2D eigenvalue weighted by molar-refractivity contribution is 7.88. The van der Waals surface area contributed by atoms with Gasteiger partial charge in [0.1, 0.15) is 11.2 Å². The van der Waals surface area contributed by atoms with Crippen LogP contribution >= 0.6 is 0 Å². The van der Waals surface area contributed by atoms with Gasteiger partial charge in [-0.3, -0.25) is 4.90 Å². The molecule has 0 spiro atoms. The first kappa shape index (κ1) is 26.1. The van der Waals surface area contributed by atoms with Gasteiger partial charge in [-0.15, -0.1) is 0 Å². The predicted octanol–water partition coefficient (Wildman–Crippen LogP) is 1.20. The third-order valence-corrected chi connectivity index (χ3v) is 8.80. The number of hydrogen-bond donors (Lipinski definition) is 2. The first-order valence-electron chi connectivity index (χ1n) is 12.9. The summed E-state index contributed by atoms with van der Waals surface area (Å²) in [7, 11) is -3.21. The maximum absolute atomic E-state index is 15.0. The monoisotopic (exact) mass is 563 g/mol. The second kappa shape index (κ2) is 10.1. The van der Waals surface area contributed by atoms with Gasteiger partial charge in [-0.25, -0.2) is 27.2 Å². The first-order chi connectivity index (χ1) is 18.7. The summed E-state index contributed by atoms with van der Waals surface area (Å²) in [6.07, 6.45) is -0.0145. The van der Waals surface area contributed by atoms with Gasteiger partial charge in [0.15, 0.2) is 5.65 Å². The molecule has 2 N–H and O–H groups in total. The average Bonchev–Trinajstić information content (AvgIpc) is 3.54. The number of fused-ring (bicyclic) bond motifs is 2. The molecule has 0 bridgehead atoms. The summed E-state index contributed by atoms with van der Waals surface area (Å²) in [5.74, 6) is 0.351. The number of benzene rings is 1. The summed E-state index contributed by atoms with van der Waals surface area (Å²) >= 11 is 0. The van der Waals surface area contributed by atoms with E-state index < -0.39 is 22.1 Å². The van der Waals surface area contributed by atoms with Crippen molar-refractivity contribution in [2.75, 3.05) is 80.8 Å². The lowest BCUT2D eigenvalue weighted by molar-refractivity contribution is 0.0801. The van der Waals surface area contributed by atoms with Crippen LogP contribution in [0.5, 0.6) is 0 Å². The molecule has 2 aromatic heterocycles. The van der Waals surface area contributed by atoms with E-state index >= 15 is 0 Å². The molecule has 0 unspecified atom stereocenters. The molecule has 39 heavy (non-hydrogen) atoms. The van der Waals surface area contributed by atoms with Crippen LogP contribution in [0.15, 0.2) is 30.6 Å². The van der Waals surface area contributed by atoms with Crippen LogP contribution in [-0.4, -0.2) is 109 Å². The van der Waals surface area contributed by atoms with E-state index in [9.17, 15) is 17.2 Å². The zero-order valence-corrected chi connectivity index (χ0v) is 22.4. The molecule has 3 aliphatic heterocycles. The Labute approximate surface area is 225 Å². The molecule has 1 aromatic carbocycles. The molecule has 15 heteroatoms. The number of imidazole rings is 1. The van der Waals surface area contributed by atoms with Gasteiger partial charge >= 0.3 is 0 Å². The normalized spacial score (nSPS) is 20.3. The molecule has 210 valence electrons. The van der Waals surface area contributed by atoms with Crippen molar-refractivity contribution in [2.45, 2.75) is 18.6 Å². The minimum absolute atomic E-state index is 0.0840. The molecule has 0 atom stereocenters. The van der Waals surface area contributed by atoms with Crippen LogP contribution in [0.2, 0.25) is 0 Å². The van der Waals surface area contributed by atoms with E-state index in [2.05, 4.69) is 25.5 Å². The lowest BCUT2D eigenvalue weighted by atomic mass is 10.1. The molecular weight excluding hydrogens is 532 g/mol. The maximum atomic E-state index is 15.0. The van der Waals surface area contributed by atoms with Gasteiger partial charge in [-0.05, 0) is 12.1 Å². The summed E-state index contributed by atoms with van der Waals surface area (Å²) in [5, 5.41) is 5.98. The van der Waals surface area contributed by atoms with Crippen molar-refractivity contribution >= 4 is 38.5 Å². The van der Waals surface area contributed by atoms with Crippen molar-refractivity contribution in [3.63, 3.8) is 0 Å². The zero-order valence-electron chi connectivity index (χ0n) is 21.6. The van der Waals surface area contributed by atoms with E-state index in [1.807, 2.05) is 9.47 Å². The number of sulfonamides is 1. The van der Waals surface area contributed by atoms with Gasteiger partial charge in [0.25, 0.3) is 6.43 Å². The quantitative estimate of drug-likeness (QED) is 0.434. The van der Waals surface area contributed by atoms with E-state index in [1.54, 1.807) is 30.6 Å². The van der Waals surface area contributed by atoms with E-state index in [4.69, 9.17) is 9.72 Å². The van der Waals surface area contributed by atoms with Crippen molar-refractivity contribution < 1.29 is 21.9 Å². The summed E-state index contributed by atoms with van der Waals surface area (Å²) in [6.45, 7) is 5.33. The number of nitrogens with one attached hydrogen (secondary N) is 2. The number of halogens is 2. The number of alkyl halides is 2. The lowest BCUT2D eigenvalue weighted by Gasteiger charge is -2.33. The third-order valence-electron chi connectivity index (χ3n) is 7.50. The first-order valence-corrected chi connectivity index (χ1v) is 14.8. The molecule has 0 saturated carbocycles. The van der Waals surface area contributed by atoms with E-state index in [0.29, 0.717) is 94.1 Å². The van der Waals surface area contributed by atoms with Gasteiger partial charge in [-0.1, -0.05) is 12.1 Å². The van der Waals surface area contributed by atoms with Crippen molar-refractivity contribution in [3.8, 4) is 0 Å². The Morgan fingerprint density at radius 3 is 2.28 bits per heavy atom. The van der Waals surface area contributed by atoms with Gasteiger partial charge in [0.05, 0.1) is 37.2 Å². The second-order valence-corrected chi connectivity index (χ2v) is 12.0. The second-order valence-electron chi connectivity index (χ2n) is 9.99. The molecule has 6 rings (SSSR count). The topological polar surface area (TPSA) is 121 Å². The van der Waals surface area contributed by atoms with Crippen molar-refractivity contribution in [2.24, 2.45) is 0 Å². The Balaban J connectivity index is 1.34. The van der Waals surface area contributed by atoms with Crippen molar-refractivity contribution in [1.29, 1.82) is 0 Å². The van der Waals surface area contributed by atoms with Gasteiger partial charge in [-0.2, -0.15) is 9.29 Å². The fraction of sp³-hybridized carbons (Fsp3) is 0.542. The van der Waals surface area contributed by atoms with E-state index in [0.717, 1.165) is 0 Å².